The van der Waals surface area contributed by atoms with Gasteiger partial charge in [0.1, 0.15) is 0 Å². The van der Waals surface area contributed by atoms with Gasteiger partial charge in [-0.3, -0.25) is 0 Å². The van der Waals surface area contributed by atoms with E-state index in [4.69, 9.17) is 8.23 Å². The summed E-state index contributed by atoms with van der Waals surface area (Å²) >= 11 is 0. The summed E-state index contributed by atoms with van der Waals surface area (Å²) in [4.78, 5) is 0. The Morgan fingerprint density at radius 3 is 0.929 bits per heavy atom. The topological polar surface area (TPSA) is 50.0 Å². The highest BCUT2D eigenvalue weighted by Gasteiger charge is 2.35. The minimum absolute atomic E-state index is 0. The SMILES string of the molecule is C[Si](C)(C)O[Si](C)(C)O[Si](C)(C)C.O. The molecule has 14 heavy (non-hydrogen) atoms. The molecule has 0 unspecified atom stereocenters. The van der Waals surface area contributed by atoms with Crippen LogP contribution in [0.4, 0.5) is 0 Å². The number of hydrogen-bond acceptors (Lipinski definition) is 2. The second-order valence-electron chi connectivity index (χ2n) is 5.83. The predicted molar refractivity (Wildman–Crippen MR) is 70.0 cm³/mol. The van der Waals surface area contributed by atoms with Gasteiger partial charge in [-0.05, 0) is 52.4 Å². The molecule has 0 aliphatic carbocycles. The van der Waals surface area contributed by atoms with Crippen molar-refractivity contribution >= 4 is 25.2 Å². The van der Waals surface area contributed by atoms with Crippen LogP contribution >= 0.6 is 0 Å². The van der Waals surface area contributed by atoms with E-state index in [1.165, 1.54) is 0 Å². The summed E-state index contributed by atoms with van der Waals surface area (Å²) in [7, 11) is -4.72. The second kappa shape index (κ2) is 5.04. The normalized spacial score (nSPS) is 13.7. The molecule has 0 rings (SSSR count). The Kier molecular flexibility index (Phi) is 6.10. The van der Waals surface area contributed by atoms with Crippen LogP contribution in [0.25, 0.3) is 0 Å². The van der Waals surface area contributed by atoms with E-state index in [1.807, 2.05) is 0 Å². The van der Waals surface area contributed by atoms with Crippen LogP contribution in [-0.4, -0.2) is 30.7 Å². The maximum Gasteiger partial charge on any atom is 0.311 e. The summed E-state index contributed by atoms with van der Waals surface area (Å²) in [5.74, 6) is 0. The quantitative estimate of drug-likeness (QED) is 0.724. The average molecular weight is 255 g/mol. The summed E-state index contributed by atoms with van der Waals surface area (Å²) in [6.07, 6.45) is 0. The molecule has 3 nitrogen and oxygen atoms in total. The van der Waals surface area contributed by atoms with E-state index in [0.29, 0.717) is 0 Å². The van der Waals surface area contributed by atoms with Gasteiger partial charge in [-0.25, -0.2) is 0 Å². The number of rotatable bonds is 4. The molecule has 0 saturated heterocycles. The molecule has 0 heterocycles. The zero-order chi connectivity index (χ0) is 10.9. The van der Waals surface area contributed by atoms with Gasteiger partial charge in [-0.15, -0.1) is 0 Å². The highest BCUT2D eigenvalue weighted by Crippen LogP contribution is 2.19. The molecular weight excluding hydrogens is 228 g/mol. The molecule has 0 aliphatic heterocycles. The molecular formula is C8H26O3Si3. The third kappa shape index (κ3) is 10.6. The Labute approximate surface area is 91.6 Å². The molecule has 0 aliphatic rings. The van der Waals surface area contributed by atoms with E-state index in [1.54, 1.807) is 0 Å². The lowest BCUT2D eigenvalue weighted by molar-refractivity contribution is 0.395. The van der Waals surface area contributed by atoms with E-state index in [0.717, 1.165) is 0 Å². The standard InChI is InChI=1S/C8H24O2Si3.H2O/c1-11(2,3)9-13(7,8)10-12(4,5)6;/h1-8H3;1H2. The fourth-order valence-corrected chi connectivity index (χ4v) is 13.8. The van der Waals surface area contributed by atoms with Crippen molar-refractivity contribution in [3.63, 3.8) is 0 Å². The molecule has 0 aromatic heterocycles. The van der Waals surface area contributed by atoms with Gasteiger partial charge in [0.05, 0.1) is 0 Å². The average Bonchev–Trinajstić information content (AvgIpc) is 1.43. The molecule has 0 spiro atoms. The van der Waals surface area contributed by atoms with Crippen molar-refractivity contribution in [3.8, 4) is 0 Å². The van der Waals surface area contributed by atoms with Gasteiger partial charge >= 0.3 is 8.56 Å². The Hall–Kier alpha value is 0.531. The van der Waals surface area contributed by atoms with E-state index >= 15 is 0 Å². The van der Waals surface area contributed by atoms with Crippen molar-refractivity contribution in [1.29, 1.82) is 0 Å². The molecule has 0 fully saturated rings. The minimum Gasteiger partial charge on any atom is -0.437 e. The molecule has 0 radical (unpaired) electrons. The minimum atomic E-state index is -1.85. The lowest BCUT2D eigenvalue weighted by Crippen LogP contribution is -2.50. The van der Waals surface area contributed by atoms with Crippen LogP contribution in [-0.2, 0) is 8.23 Å². The largest absolute Gasteiger partial charge is 0.437 e. The zero-order valence-corrected chi connectivity index (χ0v) is 13.8. The molecule has 0 aromatic rings. The molecule has 0 aromatic carbocycles. The van der Waals surface area contributed by atoms with Gasteiger partial charge in [-0.1, -0.05) is 0 Å². The van der Waals surface area contributed by atoms with Gasteiger partial charge in [0, 0.05) is 0 Å². The Morgan fingerprint density at radius 1 is 0.571 bits per heavy atom. The van der Waals surface area contributed by atoms with Gasteiger partial charge in [0.2, 0.25) is 0 Å². The van der Waals surface area contributed by atoms with Crippen LogP contribution in [0.2, 0.25) is 52.4 Å². The van der Waals surface area contributed by atoms with Gasteiger partial charge in [-0.2, -0.15) is 0 Å². The molecule has 0 saturated carbocycles. The van der Waals surface area contributed by atoms with E-state index in [9.17, 15) is 0 Å². The molecule has 0 amide bonds. The van der Waals surface area contributed by atoms with Crippen molar-refractivity contribution in [3.05, 3.63) is 0 Å². The highest BCUT2D eigenvalue weighted by atomic mass is 28.5. The lowest BCUT2D eigenvalue weighted by Gasteiger charge is -2.35. The molecule has 0 bridgehead atoms. The van der Waals surface area contributed by atoms with Crippen LogP contribution in [0.1, 0.15) is 0 Å². The number of hydrogen-bond donors (Lipinski definition) is 0. The van der Waals surface area contributed by atoms with Crippen LogP contribution in [0.5, 0.6) is 0 Å². The maximum atomic E-state index is 6.09. The van der Waals surface area contributed by atoms with Crippen LogP contribution in [0.15, 0.2) is 0 Å². The first kappa shape index (κ1) is 16.9. The summed E-state index contributed by atoms with van der Waals surface area (Å²) in [6.45, 7) is 17.6. The fraction of sp³-hybridized carbons (Fsp3) is 1.00. The van der Waals surface area contributed by atoms with Crippen molar-refractivity contribution in [2.45, 2.75) is 52.4 Å². The first-order valence-electron chi connectivity index (χ1n) is 4.82. The third-order valence-corrected chi connectivity index (χ3v) is 9.94. The van der Waals surface area contributed by atoms with Crippen molar-refractivity contribution in [2.24, 2.45) is 0 Å². The van der Waals surface area contributed by atoms with Crippen molar-refractivity contribution in [2.75, 3.05) is 0 Å². The predicted octanol–water partition coefficient (Wildman–Crippen LogP) is 2.57. The summed E-state index contributed by atoms with van der Waals surface area (Å²) in [5.41, 5.74) is 0. The zero-order valence-electron chi connectivity index (χ0n) is 10.8. The molecule has 6 heteroatoms. The third-order valence-electron chi connectivity index (χ3n) is 1.10. The molecule has 88 valence electrons. The van der Waals surface area contributed by atoms with Crippen molar-refractivity contribution in [1.82, 2.24) is 0 Å². The Bertz CT molecular complexity index is 152. The lowest BCUT2D eigenvalue weighted by atomic mass is 11.8. The maximum absolute atomic E-state index is 6.09. The first-order valence-corrected chi connectivity index (χ1v) is 14.4. The highest BCUT2D eigenvalue weighted by molar-refractivity contribution is 6.87. The van der Waals surface area contributed by atoms with Crippen LogP contribution in [0, 0.1) is 0 Å². The van der Waals surface area contributed by atoms with Gasteiger partial charge in [0.15, 0.2) is 16.6 Å². The van der Waals surface area contributed by atoms with Crippen LogP contribution < -0.4 is 0 Å². The van der Waals surface area contributed by atoms with Gasteiger partial charge in [0.25, 0.3) is 0 Å². The summed E-state index contributed by atoms with van der Waals surface area (Å²) in [5, 5.41) is 0. The monoisotopic (exact) mass is 254 g/mol. The molecule has 2 N–H and O–H groups in total. The smallest absolute Gasteiger partial charge is 0.311 e. The Morgan fingerprint density at radius 2 is 0.786 bits per heavy atom. The summed E-state index contributed by atoms with van der Waals surface area (Å²) in [6, 6.07) is 0. The summed E-state index contributed by atoms with van der Waals surface area (Å²) < 4.78 is 12.2. The van der Waals surface area contributed by atoms with E-state index < -0.39 is 25.2 Å². The fourth-order valence-electron chi connectivity index (χ4n) is 1.50. The van der Waals surface area contributed by atoms with Crippen LogP contribution in [0.3, 0.4) is 0 Å². The Balaban J connectivity index is 0. The van der Waals surface area contributed by atoms with Gasteiger partial charge < -0.3 is 13.7 Å². The first-order chi connectivity index (χ1) is 5.41. The van der Waals surface area contributed by atoms with E-state index in [-0.39, 0.29) is 5.48 Å². The van der Waals surface area contributed by atoms with Crippen molar-refractivity contribution < 1.29 is 13.7 Å². The molecule has 0 atom stereocenters. The second-order valence-corrected chi connectivity index (χ2v) is 18.7. The van der Waals surface area contributed by atoms with E-state index in [2.05, 4.69) is 52.4 Å².